The second-order valence-corrected chi connectivity index (χ2v) is 4.82. The predicted molar refractivity (Wildman–Crippen MR) is 85.4 cm³/mol. The summed E-state index contributed by atoms with van der Waals surface area (Å²) < 4.78 is 10.6. The zero-order chi connectivity index (χ0) is 15.2. The maximum atomic E-state index is 5.41. The van der Waals surface area contributed by atoms with Crippen molar-refractivity contribution in [3.05, 3.63) is 42.2 Å². The summed E-state index contributed by atoms with van der Waals surface area (Å²) in [5.74, 6) is 1.59. The van der Waals surface area contributed by atoms with Crippen molar-refractivity contribution in [2.75, 3.05) is 38.5 Å². The minimum atomic E-state index is 0.652. The molecule has 5 nitrogen and oxygen atoms in total. The minimum absolute atomic E-state index is 0.652. The molecule has 0 saturated carbocycles. The number of pyridine rings is 1. The fourth-order valence-corrected chi connectivity index (χ4v) is 2.10. The van der Waals surface area contributed by atoms with Crippen molar-refractivity contribution in [3.8, 4) is 11.5 Å². The van der Waals surface area contributed by atoms with Crippen molar-refractivity contribution < 1.29 is 9.47 Å². The Labute approximate surface area is 125 Å². The molecule has 0 spiro atoms. The number of nitrogens with zero attached hydrogens (tertiary/aromatic N) is 2. The Hall–Kier alpha value is -2.43. The first-order valence-electron chi connectivity index (χ1n) is 6.72. The molecule has 1 aromatic heterocycles. The van der Waals surface area contributed by atoms with Gasteiger partial charge in [-0.05, 0) is 18.2 Å². The summed E-state index contributed by atoms with van der Waals surface area (Å²) in [5.41, 5.74) is 3.14. The van der Waals surface area contributed by atoms with E-state index in [1.165, 1.54) is 0 Å². The largest absolute Gasteiger partial charge is 0.497 e. The van der Waals surface area contributed by atoms with Crippen LogP contribution in [0, 0.1) is 0 Å². The molecular weight excluding hydrogens is 266 g/mol. The van der Waals surface area contributed by atoms with E-state index in [9.17, 15) is 0 Å². The first-order valence-corrected chi connectivity index (χ1v) is 6.72. The third kappa shape index (κ3) is 3.56. The van der Waals surface area contributed by atoms with Crippen molar-refractivity contribution in [3.63, 3.8) is 0 Å². The fourth-order valence-electron chi connectivity index (χ4n) is 2.10. The van der Waals surface area contributed by atoms with Crippen molar-refractivity contribution in [2.24, 2.45) is 0 Å². The van der Waals surface area contributed by atoms with Gasteiger partial charge >= 0.3 is 0 Å². The number of aromatic nitrogens is 1. The van der Waals surface area contributed by atoms with Gasteiger partial charge in [0.2, 0.25) is 0 Å². The lowest BCUT2D eigenvalue weighted by atomic mass is 10.2. The second-order valence-electron chi connectivity index (χ2n) is 4.82. The van der Waals surface area contributed by atoms with E-state index in [1.807, 2.05) is 44.6 Å². The van der Waals surface area contributed by atoms with Crippen molar-refractivity contribution in [1.29, 1.82) is 0 Å². The molecule has 21 heavy (non-hydrogen) atoms. The van der Waals surface area contributed by atoms with Crippen LogP contribution in [0.4, 0.5) is 11.4 Å². The summed E-state index contributed by atoms with van der Waals surface area (Å²) in [6, 6.07) is 7.78. The van der Waals surface area contributed by atoms with Gasteiger partial charge in [-0.3, -0.25) is 4.98 Å². The average Bonchev–Trinajstić information content (AvgIpc) is 2.52. The molecule has 112 valence electrons. The molecule has 0 aliphatic rings. The smallest absolute Gasteiger partial charge is 0.127 e. The van der Waals surface area contributed by atoms with Crippen LogP contribution in [0.25, 0.3) is 0 Å². The minimum Gasteiger partial charge on any atom is -0.497 e. The Morgan fingerprint density at radius 2 is 1.95 bits per heavy atom. The van der Waals surface area contributed by atoms with Gasteiger partial charge in [-0.1, -0.05) is 0 Å². The van der Waals surface area contributed by atoms with Crippen molar-refractivity contribution in [1.82, 2.24) is 4.98 Å². The van der Waals surface area contributed by atoms with E-state index >= 15 is 0 Å². The third-order valence-electron chi connectivity index (χ3n) is 3.24. The maximum Gasteiger partial charge on any atom is 0.127 e. The Bertz CT molecular complexity index is 600. The summed E-state index contributed by atoms with van der Waals surface area (Å²) >= 11 is 0. The first-order chi connectivity index (χ1) is 10.2. The Kier molecular flexibility index (Phi) is 4.87. The Morgan fingerprint density at radius 3 is 2.62 bits per heavy atom. The van der Waals surface area contributed by atoms with Gasteiger partial charge in [-0.15, -0.1) is 0 Å². The molecule has 0 bridgehead atoms. The van der Waals surface area contributed by atoms with Gasteiger partial charge in [0.05, 0.1) is 31.8 Å². The molecular formula is C16H21N3O2. The lowest BCUT2D eigenvalue weighted by Crippen LogP contribution is -2.12. The number of hydrogen-bond donors (Lipinski definition) is 1. The summed E-state index contributed by atoms with van der Waals surface area (Å²) in [5, 5.41) is 3.40. The summed E-state index contributed by atoms with van der Waals surface area (Å²) in [6.45, 7) is 0.652. The number of methoxy groups -OCH3 is 2. The second kappa shape index (κ2) is 6.83. The molecule has 0 unspecified atom stereocenters. The molecule has 0 aliphatic heterocycles. The van der Waals surface area contributed by atoms with Crippen LogP contribution in [0.15, 0.2) is 36.7 Å². The number of ether oxygens (including phenoxy) is 2. The van der Waals surface area contributed by atoms with E-state index in [2.05, 4.69) is 15.2 Å². The van der Waals surface area contributed by atoms with Gasteiger partial charge in [-0.2, -0.15) is 0 Å². The van der Waals surface area contributed by atoms with Crippen LogP contribution in [-0.2, 0) is 6.54 Å². The van der Waals surface area contributed by atoms with E-state index < -0.39 is 0 Å². The van der Waals surface area contributed by atoms with Crippen LogP contribution in [0.3, 0.4) is 0 Å². The molecule has 0 atom stereocenters. The van der Waals surface area contributed by atoms with Crippen LogP contribution in [0.2, 0.25) is 0 Å². The predicted octanol–water partition coefficient (Wildman–Crippen LogP) is 2.78. The quantitative estimate of drug-likeness (QED) is 0.885. The molecule has 1 N–H and O–H groups in total. The maximum absolute atomic E-state index is 5.41. The monoisotopic (exact) mass is 287 g/mol. The summed E-state index contributed by atoms with van der Waals surface area (Å²) in [7, 11) is 7.32. The van der Waals surface area contributed by atoms with E-state index in [4.69, 9.17) is 9.47 Å². The molecule has 1 aromatic carbocycles. The highest BCUT2D eigenvalue weighted by Gasteiger charge is 2.07. The number of hydrogen-bond acceptors (Lipinski definition) is 5. The van der Waals surface area contributed by atoms with Crippen LogP contribution < -0.4 is 19.7 Å². The fraction of sp³-hybridized carbons (Fsp3) is 0.312. The van der Waals surface area contributed by atoms with Gasteiger partial charge in [-0.25, -0.2) is 0 Å². The van der Waals surface area contributed by atoms with Gasteiger partial charge in [0, 0.05) is 38.5 Å². The van der Waals surface area contributed by atoms with E-state index in [-0.39, 0.29) is 0 Å². The number of nitrogens with one attached hydrogen (secondary N) is 1. The topological polar surface area (TPSA) is 46.6 Å². The highest BCUT2D eigenvalue weighted by molar-refractivity contribution is 5.68. The van der Waals surface area contributed by atoms with Gasteiger partial charge in [0.1, 0.15) is 11.5 Å². The molecule has 0 fully saturated rings. The third-order valence-corrected chi connectivity index (χ3v) is 3.24. The SMILES string of the molecule is COc1ccc(CNc2cnccc2N(C)C)c(OC)c1. The Morgan fingerprint density at radius 1 is 1.14 bits per heavy atom. The molecule has 0 aliphatic carbocycles. The van der Waals surface area contributed by atoms with Crippen LogP contribution in [-0.4, -0.2) is 33.3 Å². The molecule has 2 rings (SSSR count). The normalized spacial score (nSPS) is 10.1. The van der Waals surface area contributed by atoms with Crippen molar-refractivity contribution >= 4 is 11.4 Å². The molecule has 1 heterocycles. The molecule has 0 radical (unpaired) electrons. The summed E-state index contributed by atoms with van der Waals surface area (Å²) in [4.78, 5) is 6.22. The standard InChI is InChI=1S/C16H21N3O2/c1-19(2)15-7-8-17-11-14(15)18-10-12-5-6-13(20-3)9-16(12)21-4/h5-9,11,18H,10H2,1-4H3. The number of benzene rings is 1. The molecule has 5 heteroatoms. The van der Waals surface area contributed by atoms with Crippen LogP contribution in [0.1, 0.15) is 5.56 Å². The highest BCUT2D eigenvalue weighted by Crippen LogP contribution is 2.27. The molecule has 2 aromatic rings. The van der Waals surface area contributed by atoms with E-state index in [1.54, 1.807) is 20.4 Å². The zero-order valence-electron chi connectivity index (χ0n) is 12.9. The average molecular weight is 287 g/mol. The van der Waals surface area contributed by atoms with Crippen LogP contribution >= 0.6 is 0 Å². The molecule has 0 saturated heterocycles. The highest BCUT2D eigenvalue weighted by atomic mass is 16.5. The van der Waals surface area contributed by atoms with Gasteiger partial charge in [0.15, 0.2) is 0 Å². The lowest BCUT2D eigenvalue weighted by Gasteiger charge is -2.18. The summed E-state index contributed by atoms with van der Waals surface area (Å²) in [6.07, 6.45) is 3.61. The van der Waals surface area contributed by atoms with Gasteiger partial charge in [0.25, 0.3) is 0 Å². The van der Waals surface area contributed by atoms with Gasteiger partial charge < -0.3 is 19.7 Å². The number of anilines is 2. The van der Waals surface area contributed by atoms with Crippen molar-refractivity contribution in [2.45, 2.75) is 6.54 Å². The Balaban J connectivity index is 2.17. The van der Waals surface area contributed by atoms with E-state index in [0.717, 1.165) is 28.4 Å². The van der Waals surface area contributed by atoms with Crippen LogP contribution in [0.5, 0.6) is 11.5 Å². The molecule has 0 amide bonds. The lowest BCUT2D eigenvalue weighted by molar-refractivity contribution is 0.391. The zero-order valence-corrected chi connectivity index (χ0v) is 12.9. The number of rotatable bonds is 6. The first kappa shape index (κ1) is 15.0. The van der Waals surface area contributed by atoms with E-state index in [0.29, 0.717) is 6.54 Å².